The first-order valence-corrected chi connectivity index (χ1v) is 16.1. The zero-order valence-electron chi connectivity index (χ0n) is 25.2. The number of ether oxygens (including phenoxy) is 4. The van der Waals surface area contributed by atoms with Gasteiger partial charge in [-0.2, -0.15) is 0 Å². The molecule has 0 fully saturated rings. The number of benzene rings is 3. The Morgan fingerprint density at radius 1 is 1.00 bits per heavy atom. The predicted molar refractivity (Wildman–Crippen MR) is 179 cm³/mol. The van der Waals surface area contributed by atoms with Crippen LogP contribution in [0.3, 0.4) is 0 Å². The second-order valence-electron chi connectivity index (χ2n) is 10.0. The molecule has 3 aromatic carbocycles. The van der Waals surface area contributed by atoms with Crippen LogP contribution in [-0.4, -0.2) is 30.9 Å². The van der Waals surface area contributed by atoms with E-state index < -0.39 is 12.0 Å². The van der Waals surface area contributed by atoms with Crippen LogP contribution in [0.25, 0.3) is 6.08 Å². The molecule has 0 N–H and O–H groups in total. The minimum absolute atomic E-state index is 0.239. The normalized spacial score (nSPS) is 14.2. The highest BCUT2D eigenvalue weighted by Crippen LogP contribution is 2.35. The van der Waals surface area contributed by atoms with Crippen LogP contribution in [0.2, 0.25) is 0 Å². The summed E-state index contributed by atoms with van der Waals surface area (Å²) in [6, 6.07) is 18.4. The Hall–Kier alpha value is -4.41. The smallest absolute Gasteiger partial charge is 0.337 e. The second-order valence-corrected chi connectivity index (χ2v) is 11.9. The predicted octanol–water partition coefficient (Wildman–Crippen LogP) is 5.89. The van der Waals surface area contributed by atoms with Crippen molar-refractivity contribution in [1.82, 2.24) is 4.57 Å². The molecular weight excluding hydrogens is 656 g/mol. The molecule has 4 aromatic rings. The average molecular weight is 690 g/mol. The van der Waals surface area contributed by atoms with E-state index in [1.165, 1.54) is 29.2 Å². The lowest BCUT2D eigenvalue weighted by molar-refractivity contribution is -0.136. The molecule has 232 valence electrons. The van der Waals surface area contributed by atoms with Gasteiger partial charge in [-0.05, 0) is 85.0 Å². The fourth-order valence-corrected chi connectivity index (χ4v) is 6.26. The van der Waals surface area contributed by atoms with Crippen molar-refractivity contribution in [2.45, 2.75) is 32.9 Å². The lowest BCUT2D eigenvalue weighted by Crippen LogP contribution is -2.39. The van der Waals surface area contributed by atoms with Gasteiger partial charge in [0.15, 0.2) is 16.3 Å². The maximum absolute atomic E-state index is 14.0. The number of fused-ring (bicyclic) bond motifs is 1. The molecule has 0 saturated heterocycles. The first-order chi connectivity index (χ1) is 21.9. The number of methoxy groups -OCH3 is 1. The molecule has 0 saturated carbocycles. The summed E-state index contributed by atoms with van der Waals surface area (Å²) in [5, 5.41) is 0. The molecule has 1 aromatic heterocycles. The highest BCUT2D eigenvalue weighted by atomic mass is 79.9. The highest BCUT2D eigenvalue weighted by molar-refractivity contribution is 9.10. The molecule has 0 aliphatic carbocycles. The number of hydrogen-bond donors (Lipinski definition) is 0. The fraction of sp³-hybridized carbons (Fsp3) is 0.229. The highest BCUT2D eigenvalue weighted by Gasteiger charge is 2.31. The number of aromatic nitrogens is 1. The Bertz CT molecular complexity index is 1930. The Morgan fingerprint density at radius 3 is 2.44 bits per heavy atom. The van der Waals surface area contributed by atoms with Crippen LogP contribution in [-0.2, 0) is 22.6 Å². The van der Waals surface area contributed by atoms with Gasteiger partial charge in [0, 0.05) is 10.7 Å². The zero-order chi connectivity index (χ0) is 31.9. The number of allylic oxidation sites excluding steroid dienone is 1. The van der Waals surface area contributed by atoms with E-state index in [2.05, 4.69) is 27.5 Å². The molecule has 0 spiro atoms. The molecule has 1 aliphatic heterocycles. The molecule has 45 heavy (non-hydrogen) atoms. The zero-order valence-corrected chi connectivity index (χ0v) is 27.7. The number of carbonyl (C=O) groups is 1. The van der Waals surface area contributed by atoms with Gasteiger partial charge in [0.25, 0.3) is 5.56 Å². The summed E-state index contributed by atoms with van der Waals surface area (Å²) in [4.78, 5) is 31.8. The fourth-order valence-electron chi connectivity index (χ4n) is 5.03. The summed E-state index contributed by atoms with van der Waals surface area (Å²) in [5.74, 6) is 1.29. The maximum Gasteiger partial charge on any atom is 0.337 e. The van der Waals surface area contributed by atoms with Gasteiger partial charge >= 0.3 is 5.97 Å². The van der Waals surface area contributed by atoms with Crippen molar-refractivity contribution in [2.75, 3.05) is 20.3 Å². The van der Waals surface area contributed by atoms with E-state index in [0.29, 0.717) is 52.6 Å². The lowest BCUT2D eigenvalue weighted by Gasteiger charge is -2.23. The van der Waals surface area contributed by atoms with Crippen molar-refractivity contribution in [3.8, 4) is 17.2 Å². The third-order valence-corrected chi connectivity index (χ3v) is 8.59. The van der Waals surface area contributed by atoms with Gasteiger partial charge in [-0.25, -0.2) is 9.79 Å². The Balaban J connectivity index is 1.54. The van der Waals surface area contributed by atoms with Crippen LogP contribution in [0.5, 0.6) is 17.2 Å². The van der Waals surface area contributed by atoms with Gasteiger partial charge in [-0.1, -0.05) is 57.6 Å². The van der Waals surface area contributed by atoms with E-state index in [-0.39, 0.29) is 11.1 Å². The van der Waals surface area contributed by atoms with Crippen molar-refractivity contribution in [3.05, 3.63) is 132 Å². The van der Waals surface area contributed by atoms with Crippen LogP contribution in [0.4, 0.5) is 0 Å². The summed E-state index contributed by atoms with van der Waals surface area (Å²) in [5.41, 5.74) is 3.47. The number of rotatable bonds is 12. The molecule has 10 heteroatoms. The third kappa shape index (κ3) is 7.13. The molecule has 0 unspecified atom stereocenters. The van der Waals surface area contributed by atoms with Crippen LogP contribution in [0.1, 0.15) is 42.1 Å². The lowest BCUT2D eigenvalue weighted by atomic mass is 9.97. The van der Waals surface area contributed by atoms with Crippen molar-refractivity contribution >= 4 is 39.3 Å². The van der Waals surface area contributed by atoms with Gasteiger partial charge in [-0.15, -0.1) is 6.58 Å². The SMILES string of the molecule is C=CCc1cc(/C=c2\sc3n(c2=O)[C@@H](c2ccc(OCC)c(OCC)c2)C(C(=O)OC)=CN=3)ccc1OCc1ccc(Br)cc1. The monoisotopic (exact) mass is 688 g/mol. The summed E-state index contributed by atoms with van der Waals surface area (Å²) in [7, 11) is 1.31. The molecule has 2 heterocycles. The minimum atomic E-state index is -0.767. The van der Waals surface area contributed by atoms with Crippen LogP contribution in [0, 0.1) is 0 Å². The number of esters is 1. The quantitative estimate of drug-likeness (QED) is 0.136. The first-order valence-electron chi connectivity index (χ1n) is 14.5. The molecule has 8 nitrogen and oxygen atoms in total. The van der Waals surface area contributed by atoms with Crippen molar-refractivity contribution in [2.24, 2.45) is 4.99 Å². The molecule has 1 atom stereocenters. The standard InChI is InChI=1S/C35H33BrN2O6S/c1-5-8-24-17-23(11-15-28(24)44-21-22-9-13-26(36)14-10-22)18-31-33(39)38-32(27(34(40)41-4)20-37-35(38)45-31)25-12-16-29(42-6-2)30(19-25)43-7-3/h5,9-20,32H,1,6-8,21H2,2-4H3/b31-18-/t32-/m0/s1. The summed E-state index contributed by atoms with van der Waals surface area (Å²) in [6.07, 6.45) is 5.72. The molecule has 1 aliphatic rings. The number of nitrogens with zero attached hydrogens (tertiary/aromatic N) is 2. The van der Waals surface area contributed by atoms with Gasteiger partial charge in [-0.3, -0.25) is 9.36 Å². The number of thiazole rings is 1. The van der Waals surface area contributed by atoms with E-state index in [0.717, 1.165) is 26.9 Å². The summed E-state index contributed by atoms with van der Waals surface area (Å²) < 4.78 is 25.8. The first kappa shape index (κ1) is 32.0. The van der Waals surface area contributed by atoms with Crippen molar-refractivity contribution in [3.63, 3.8) is 0 Å². The van der Waals surface area contributed by atoms with E-state index in [1.54, 1.807) is 12.1 Å². The molecule has 0 bridgehead atoms. The van der Waals surface area contributed by atoms with E-state index in [1.807, 2.05) is 74.5 Å². The van der Waals surface area contributed by atoms with Gasteiger partial charge in [0.2, 0.25) is 0 Å². The topological polar surface area (TPSA) is 88.4 Å². The Kier molecular flexibility index (Phi) is 10.4. The van der Waals surface area contributed by atoms with Crippen LogP contribution in [0.15, 0.2) is 99.4 Å². The average Bonchev–Trinajstić information content (AvgIpc) is 3.36. The number of carbonyl (C=O) groups excluding carboxylic acids is 1. The molecule has 0 amide bonds. The molecular formula is C35H33BrN2O6S. The van der Waals surface area contributed by atoms with Gasteiger partial charge in [0.1, 0.15) is 12.4 Å². The summed E-state index contributed by atoms with van der Waals surface area (Å²) >= 11 is 4.71. The summed E-state index contributed by atoms with van der Waals surface area (Å²) in [6.45, 7) is 8.99. The van der Waals surface area contributed by atoms with Gasteiger partial charge in [0.05, 0.1) is 36.5 Å². The molecule has 0 radical (unpaired) electrons. The van der Waals surface area contributed by atoms with Crippen LogP contribution >= 0.6 is 27.3 Å². The Morgan fingerprint density at radius 2 is 1.73 bits per heavy atom. The van der Waals surface area contributed by atoms with E-state index in [4.69, 9.17) is 18.9 Å². The van der Waals surface area contributed by atoms with E-state index in [9.17, 15) is 9.59 Å². The van der Waals surface area contributed by atoms with E-state index >= 15 is 0 Å². The third-order valence-electron chi connectivity index (χ3n) is 7.06. The molecule has 5 rings (SSSR count). The number of hydrogen-bond acceptors (Lipinski definition) is 8. The Labute approximate surface area is 273 Å². The largest absolute Gasteiger partial charge is 0.490 e. The van der Waals surface area contributed by atoms with Crippen molar-refractivity contribution < 1.29 is 23.7 Å². The van der Waals surface area contributed by atoms with Crippen LogP contribution < -0.4 is 29.1 Å². The maximum atomic E-state index is 14.0. The number of halogens is 1. The minimum Gasteiger partial charge on any atom is -0.490 e. The second kappa shape index (κ2) is 14.6. The van der Waals surface area contributed by atoms with Crippen molar-refractivity contribution in [1.29, 1.82) is 0 Å². The van der Waals surface area contributed by atoms with Gasteiger partial charge < -0.3 is 18.9 Å².